The largest absolute Gasteiger partial charge is 0.466 e. The second-order valence-electron chi connectivity index (χ2n) is 4.91. The van der Waals surface area contributed by atoms with Crippen molar-refractivity contribution in [3.8, 4) is 0 Å². The molecule has 0 aliphatic carbocycles. The highest BCUT2D eigenvalue weighted by molar-refractivity contribution is 8.26. The zero-order chi connectivity index (χ0) is 16.7. The molecule has 1 aromatic rings. The lowest BCUT2D eigenvalue weighted by Gasteiger charge is -2.13. The number of thiocarbonyl (C=S) groups is 1. The maximum atomic E-state index is 12.4. The Morgan fingerprint density at radius 3 is 3.00 bits per heavy atom. The van der Waals surface area contributed by atoms with Crippen molar-refractivity contribution in [3.05, 3.63) is 35.0 Å². The molecule has 0 saturated carbocycles. The summed E-state index contributed by atoms with van der Waals surface area (Å²) in [6.45, 7) is 2.81. The Morgan fingerprint density at radius 1 is 1.48 bits per heavy atom. The van der Waals surface area contributed by atoms with Gasteiger partial charge in [0.2, 0.25) is 0 Å². The average Bonchev–Trinajstić information content (AvgIpc) is 2.81. The van der Waals surface area contributed by atoms with E-state index in [1.807, 2.05) is 25.1 Å². The number of hydrogen-bond donors (Lipinski definition) is 0. The highest BCUT2D eigenvalue weighted by Crippen LogP contribution is 2.32. The molecule has 0 unspecified atom stereocenters. The smallest absolute Gasteiger partial charge is 0.305 e. The quantitative estimate of drug-likeness (QED) is 0.428. The highest BCUT2D eigenvalue weighted by Gasteiger charge is 2.31. The Bertz CT molecular complexity index is 617. The number of amides is 1. The Hall–Kier alpha value is -1.73. The number of pyridine rings is 1. The van der Waals surface area contributed by atoms with E-state index in [9.17, 15) is 9.59 Å². The molecular weight excluding hydrogens is 332 g/mol. The van der Waals surface area contributed by atoms with Crippen molar-refractivity contribution in [2.45, 2.75) is 26.2 Å². The van der Waals surface area contributed by atoms with Crippen molar-refractivity contribution in [3.63, 3.8) is 0 Å². The predicted molar refractivity (Wildman–Crippen MR) is 94.6 cm³/mol. The van der Waals surface area contributed by atoms with Gasteiger partial charge in [-0.2, -0.15) is 0 Å². The summed E-state index contributed by atoms with van der Waals surface area (Å²) in [4.78, 5) is 30.1. The van der Waals surface area contributed by atoms with Gasteiger partial charge in [0.15, 0.2) is 0 Å². The van der Waals surface area contributed by atoms with E-state index >= 15 is 0 Å². The van der Waals surface area contributed by atoms with E-state index in [1.165, 1.54) is 16.7 Å². The van der Waals surface area contributed by atoms with Crippen LogP contribution in [0.3, 0.4) is 0 Å². The van der Waals surface area contributed by atoms with E-state index < -0.39 is 0 Å². The second-order valence-corrected chi connectivity index (χ2v) is 6.59. The van der Waals surface area contributed by atoms with Gasteiger partial charge in [0.05, 0.1) is 17.2 Å². The molecule has 0 N–H and O–H groups in total. The monoisotopic (exact) mass is 350 g/mol. The first-order valence-corrected chi connectivity index (χ1v) is 8.66. The van der Waals surface area contributed by atoms with Crippen molar-refractivity contribution in [1.82, 2.24) is 9.88 Å². The van der Waals surface area contributed by atoms with E-state index in [1.54, 1.807) is 12.3 Å². The third-order valence-electron chi connectivity index (χ3n) is 3.07. The van der Waals surface area contributed by atoms with Crippen LogP contribution in [0.25, 0.3) is 6.08 Å². The van der Waals surface area contributed by atoms with Crippen LogP contribution in [0.15, 0.2) is 29.3 Å². The summed E-state index contributed by atoms with van der Waals surface area (Å²) in [6.07, 6.45) is 5.03. The highest BCUT2D eigenvalue weighted by atomic mass is 32.2. The molecule has 1 fully saturated rings. The topological polar surface area (TPSA) is 59.5 Å². The van der Waals surface area contributed by atoms with Gasteiger partial charge in [-0.05, 0) is 31.1 Å². The molecule has 0 radical (unpaired) electrons. The van der Waals surface area contributed by atoms with Gasteiger partial charge in [-0.15, -0.1) is 0 Å². The molecule has 1 aromatic heterocycles. The van der Waals surface area contributed by atoms with Gasteiger partial charge in [-0.25, -0.2) is 0 Å². The van der Waals surface area contributed by atoms with Crippen LogP contribution in [0.5, 0.6) is 0 Å². The maximum Gasteiger partial charge on any atom is 0.305 e. The summed E-state index contributed by atoms with van der Waals surface area (Å²) in [6, 6.07) is 5.51. The number of nitrogens with zero attached hydrogens (tertiary/aromatic N) is 2. The van der Waals surface area contributed by atoms with Crippen LogP contribution < -0.4 is 0 Å². The van der Waals surface area contributed by atoms with Crippen molar-refractivity contribution in [2.24, 2.45) is 0 Å². The normalized spacial score (nSPS) is 16.2. The third-order valence-corrected chi connectivity index (χ3v) is 4.45. The minimum absolute atomic E-state index is 0.132. The van der Waals surface area contributed by atoms with Gasteiger partial charge in [0, 0.05) is 19.2 Å². The summed E-state index contributed by atoms with van der Waals surface area (Å²) in [5.74, 6) is -0.367. The molecule has 1 aliphatic rings. The average molecular weight is 350 g/mol. The lowest BCUT2D eigenvalue weighted by atomic mass is 10.3. The fourth-order valence-electron chi connectivity index (χ4n) is 1.96. The van der Waals surface area contributed by atoms with Gasteiger partial charge < -0.3 is 4.74 Å². The van der Waals surface area contributed by atoms with Gasteiger partial charge in [0.1, 0.15) is 4.32 Å². The molecule has 0 bridgehead atoms. The first kappa shape index (κ1) is 17.6. The van der Waals surface area contributed by atoms with Crippen LogP contribution in [0, 0.1) is 0 Å². The van der Waals surface area contributed by atoms with Crippen LogP contribution in [0.2, 0.25) is 0 Å². The number of rotatable bonds is 7. The molecule has 23 heavy (non-hydrogen) atoms. The molecule has 7 heteroatoms. The van der Waals surface area contributed by atoms with Crippen LogP contribution in [-0.4, -0.2) is 39.2 Å². The second kappa shape index (κ2) is 8.79. The molecule has 122 valence electrons. The van der Waals surface area contributed by atoms with Crippen molar-refractivity contribution >= 4 is 46.3 Å². The molecular formula is C16H18N2O3S2. The van der Waals surface area contributed by atoms with Crippen molar-refractivity contribution in [2.75, 3.05) is 13.2 Å². The molecule has 0 aromatic carbocycles. The number of thioether (sulfide) groups is 1. The first-order chi connectivity index (χ1) is 11.1. The van der Waals surface area contributed by atoms with Gasteiger partial charge in [-0.1, -0.05) is 37.0 Å². The van der Waals surface area contributed by atoms with Gasteiger partial charge in [0.25, 0.3) is 5.91 Å². The summed E-state index contributed by atoms with van der Waals surface area (Å²) in [7, 11) is 0. The molecule has 5 nitrogen and oxygen atoms in total. The lowest BCUT2D eigenvalue weighted by Crippen LogP contribution is -2.29. The van der Waals surface area contributed by atoms with E-state index in [4.69, 9.17) is 17.0 Å². The molecule has 2 rings (SSSR count). The molecule has 1 amide bonds. The minimum atomic E-state index is -0.235. The first-order valence-electron chi connectivity index (χ1n) is 7.44. The van der Waals surface area contributed by atoms with Crippen LogP contribution in [0.1, 0.15) is 31.9 Å². The van der Waals surface area contributed by atoms with Crippen LogP contribution in [0.4, 0.5) is 0 Å². The number of esters is 1. The molecule has 0 atom stereocenters. The Kier molecular flexibility index (Phi) is 6.73. The summed E-state index contributed by atoms with van der Waals surface area (Å²) in [5, 5.41) is 0. The van der Waals surface area contributed by atoms with Crippen LogP contribution in [-0.2, 0) is 14.3 Å². The zero-order valence-corrected chi connectivity index (χ0v) is 14.5. The Balaban J connectivity index is 1.89. The molecule has 0 spiro atoms. The van der Waals surface area contributed by atoms with Gasteiger partial charge in [-0.3, -0.25) is 19.5 Å². The fourth-order valence-corrected chi connectivity index (χ4v) is 3.25. The Labute approximate surface area is 145 Å². The zero-order valence-electron chi connectivity index (χ0n) is 12.9. The van der Waals surface area contributed by atoms with E-state index in [2.05, 4.69) is 4.98 Å². The SMILES string of the molecule is CCCOC(=O)CCCN1C(=O)/C(=C/c2ccccn2)SC1=S. The minimum Gasteiger partial charge on any atom is -0.466 e. The predicted octanol–water partition coefficient (Wildman–Crippen LogP) is 3.02. The van der Waals surface area contributed by atoms with E-state index in [-0.39, 0.29) is 18.3 Å². The summed E-state index contributed by atoms with van der Waals surface area (Å²) < 4.78 is 5.52. The lowest BCUT2D eigenvalue weighted by molar-refractivity contribution is -0.144. The molecule has 1 aliphatic heterocycles. The third kappa shape index (κ3) is 5.14. The summed E-state index contributed by atoms with van der Waals surface area (Å²) in [5.41, 5.74) is 0.719. The molecule has 2 heterocycles. The molecule has 1 saturated heterocycles. The standard InChI is InChI=1S/C16H18N2O3S2/c1-2-10-21-14(19)7-5-9-18-15(20)13(23-16(18)22)11-12-6-3-4-8-17-12/h3-4,6,8,11H,2,5,7,9-10H2,1H3/b13-11-. The fraction of sp³-hybridized carbons (Fsp3) is 0.375. The van der Waals surface area contributed by atoms with Crippen molar-refractivity contribution < 1.29 is 14.3 Å². The van der Waals surface area contributed by atoms with E-state index in [0.29, 0.717) is 28.8 Å². The number of ether oxygens (including phenoxy) is 1. The number of carbonyl (C=O) groups excluding carboxylic acids is 2. The summed E-state index contributed by atoms with van der Waals surface area (Å²) >= 11 is 6.51. The van der Waals surface area contributed by atoms with E-state index in [0.717, 1.165) is 12.1 Å². The maximum absolute atomic E-state index is 12.4. The number of aromatic nitrogens is 1. The Morgan fingerprint density at radius 2 is 2.30 bits per heavy atom. The number of hydrogen-bond acceptors (Lipinski definition) is 6. The number of carbonyl (C=O) groups is 2. The van der Waals surface area contributed by atoms with Crippen LogP contribution >= 0.6 is 24.0 Å². The van der Waals surface area contributed by atoms with Gasteiger partial charge >= 0.3 is 5.97 Å². The van der Waals surface area contributed by atoms with Crippen molar-refractivity contribution in [1.29, 1.82) is 0 Å².